The van der Waals surface area contributed by atoms with Crippen LogP contribution in [0.1, 0.15) is 88.1 Å². The van der Waals surface area contributed by atoms with Crippen LogP contribution in [0.4, 0.5) is 0 Å². The van der Waals surface area contributed by atoms with Gasteiger partial charge in [-0.15, -0.1) is 0 Å². The van der Waals surface area contributed by atoms with Gasteiger partial charge in [0.2, 0.25) is 0 Å². The zero-order chi connectivity index (χ0) is 23.0. The lowest BCUT2D eigenvalue weighted by atomic mass is 10.0. The van der Waals surface area contributed by atoms with Crippen molar-refractivity contribution in [2.75, 3.05) is 13.7 Å². The van der Waals surface area contributed by atoms with E-state index < -0.39 is 21.0 Å². The first-order chi connectivity index (χ1) is 14.2. The minimum absolute atomic E-state index is 0.0509. The van der Waals surface area contributed by atoms with Crippen molar-refractivity contribution in [3.8, 4) is 0 Å². The number of rotatable bonds is 14. The molecule has 0 aliphatic heterocycles. The number of ether oxygens (including phenoxy) is 2. The quantitative estimate of drug-likeness (QED) is 0.226. The second-order valence-corrected chi connectivity index (χ2v) is 8.48. The van der Waals surface area contributed by atoms with Crippen LogP contribution in [-0.2, 0) is 26.0 Å². The highest BCUT2D eigenvalue weighted by atomic mass is 32.2. The summed E-state index contributed by atoms with van der Waals surface area (Å²) in [5.41, 5.74) is 0.408. The molecule has 0 aliphatic rings. The highest BCUT2D eigenvalue weighted by molar-refractivity contribution is 7.86. The van der Waals surface area contributed by atoms with Crippen LogP contribution in [0.3, 0.4) is 0 Å². The topological polar surface area (TPSA) is 110 Å². The van der Waals surface area contributed by atoms with Crippen molar-refractivity contribution >= 4 is 16.1 Å². The number of aromatic carboxylic acids is 1. The maximum absolute atomic E-state index is 11.2. The molecule has 8 heteroatoms. The average Bonchev–Trinajstić information content (AvgIpc) is 2.69. The van der Waals surface area contributed by atoms with Gasteiger partial charge in [-0.25, -0.2) is 4.79 Å². The molecule has 1 atom stereocenters. The molecule has 0 bridgehead atoms. The van der Waals surface area contributed by atoms with Gasteiger partial charge in [-0.2, -0.15) is 8.42 Å². The standard InChI is InChI=1S/C17H26O5S.C5H12O2/c1-2-3-4-5-6-7-8-9-10-14-11-12-16(23(20,21)22)15(13-14)17(18)19;1-4-7-5(2)6-3/h11-13H,2-10H2,1H3,(H,18,19)(H,20,21,22);5H,4H2,1-3H3. The molecular weight excluding hydrogens is 408 g/mol. The van der Waals surface area contributed by atoms with E-state index in [4.69, 9.17) is 19.1 Å². The summed E-state index contributed by atoms with van der Waals surface area (Å²) in [6.07, 6.45) is 10.2. The molecule has 174 valence electrons. The van der Waals surface area contributed by atoms with Gasteiger partial charge in [0.1, 0.15) is 4.90 Å². The zero-order valence-electron chi connectivity index (χ0n) is 18.7. The Labute approximate surface area is 181 Å². The summed E-state index contributed by atoms with van der Waals surface area (Å²) >= 11 is 0. The minimum atomic E-state index is -4.52. The number of carboxylic acid groups (broad SMARTS) is 1. The van der Waals surface area contributed by atoms with Crippen molar-refractivity contribution in [2.24, 2.45) is 0 Å². The fourth-order valence-electron chi connectivity index (χ4n) is 2.89. The normalized spacial score (nSPS) is 12.2. The lowest BCUT2D eigenvalue weighted by Crippen LogP contribution is -2.08. The van der Waals surface area contributed by atoms with Gasteiger partial charge in [0.15, 0.2) is 6.29 Å². The van der Waals surface area contributed by atoms with Crippen molar-refractivity contribution in [1.29, 1.82) is 0 Å². The Balaban J connectivity index is 0.00000103. The Morgan fingerprint density at radius 3 is 2.03 bits per heavy atom. The van der Waals surface area contributed by atoms with E-state index in [9.17, 15) is 13.2 Å². The van der Waals surface area contributed by atoms with E-state index >= 15 is 0 Å². The minimum Gasteiger partial charge on any atom is -0.478 e. The summed E-state index contributed by atoms with van der Waals surface area (Å²) in [5.74, 6) is -1.35. The van der Waals surface area contributed by atoms with Gasteiger partial charge in [-0.1, -0.05) is 57.9 Å². The van der Waals surface area contributed by atoms with Gasteiger partial charge >= 0.3 is 5.97 Å². The molecule has 0 amide bonds. The van der Waals surface area contributed by atoms with E-state index in [1.165, 1.54) is 50.7 Å². The second-order valence-electron chi connectivity index (χ2n) is 7.09. The van der Waals surface area contributed by atoms with Gasteiger partial charge in [0, 0.05) is 13.7 Å². The van der Waals surface area contributed by atoms with Crippen molar-refractivity contribution in [3.05, 3.63) is 29.3 Å². The van der Waals surface area contributed by atoms with Crippen LogP contribution in [0.2, 0.25) is 0 Å². The highest BCUT2D eigenvalue weighted by Crippen LogP contribution is 2.19. The van der Waals surface area contributed by atoms with Gasteiger partial charge in [0.25, 0.3) is 10.1 Å². The maximum Gasteiger partial charge on any atom is 0.337 e. The number of methoxy groups -OCH3 is 1. The molecule has 0 fully saturated rings. The van der Waals surface area contributed by atoms with E-state index in [0.29, 0.717) is 6.42 Å². The van der Waals surface area contributed by atoms with E-state index in [0.717, 1.165) is 25.0 Å². The lowest BCUT2D eigenvalue weighted by molar-refractivity contribution is -0.106. The van der Waals surface area contributed by atoms with Gasteiger partial charge in [-0.3, -0.25) is 4.55 Å². The number of benzene rings is 1. The zero-order valence-corrected chi connectivity index (χ0v) is 19.5. The van der Waals surface area contributed by atoms with Crippen LogP contribution in [0.5, 0.6) is 0 Å². The van der Waals surface area contributed by atoms with Crippen LogP contribution in [0, 0.1) is 0 Å². The van der Waals surface area contributed by atoms with Crippen LogP contribution in [0.15, 0.2) is 23.1 Å². The van der Waals surface area contributed by atoms with E-state index in [1.807, 2.05) is 13.8 Å². The summed E-state index contributed by atoms with van der Waals surface area (Å²) in [6, 6.07) is 4.07. The molecule has 1 aromatic carbocycles. The smallest absolute Gasteiger partial charge is 0.337 e. The second kappa shape index (κ2) is 16.2. The Morgan fingerprint density at radius 2 is 1.60 bits per heavy atom. The number of aryl methyl sites for hydroxylation is 1. The molecule has 0 radical (unpaired) electrons. The molecule has 0 spiro atoms. The van der Waals surface area contributed by atoms with Crippen LogP contribution in [0.25, 0.3) is 0 Å². The van der Waals surface area contributed by atoms with Crippen molar-refractivity contribution < 1.29 is 32.3 Å². The maximum atomic E-state index is 11.2. The van der Waals surface area contributed by atoms with Crippen LogP contribution >= 0.6 is 0 Å². The molecule has 2 N–H and O–H groups in total. The molecule has 7 nitrogen and oxygen atoms in total. The molecular formula is C22H38O7S. The first-order valence-electron chi connectivity index (χ1n) is 10.6. The fourth-order valence-corrected chi connectivity index (χ4v) is 3.55. The van der Waals surface area contributed by atoms with Crippen molar-refractivity contribution in [2.45, 2.75) is 89.7 Å². The highest BCUT2D eigenvalue weighted by Gasteiger charge is 2.20. The average molecular weight is 447 g/mol. The van der Waals surface area contributed by atoms with E-state index in [1.54, 1.807) is 13.2 Å². The third-order valence-corrected chi connectivity index (χ3v) is 5.52. The third-order valence-electron chi connectivity index (χ3n) is 4.60. The molecule has 1 aromatic rings. The predicted octanol–water partition coefficient (Wildman–Crippen LogP) is 5.33. The van der Waals surface area contributed by atoms with Crippen LogP contribution in [-0.4, -0.2) is 44.1 Å². The Hall–Kier alpha value is -1.48. The van der Waals surface area contributed by atoms with Gasteiger partial charge in [-0.05, 0) is 44.4 Å². The fraction of sp³-hybridized carbons (Fsp3) is 0.682. The number of hydrogen-bond acceptors (Lipinski definition) is 5. The van der Waals surface area contributed by atoms with Crippen LogP contribution < -0.4 is 0 Å². The summed E-state index contributed by atoms with van der Waals surface area (Å²) in [6.45, 7) is 6.71. The number of carboxylic acids is 1. The monoisotopic (exact) mass is 446 g/mol. The third kappa shape index (κ3) is 13.0. The number of hydrogen-bond donors (Lipinski definition) is 2. The predicted molar refractivity (Wildman–Crippen MR) is 118 cm³/mol. The molecule has 0 saturated carbocycles. The van der Waals surface area contributed by atoms with Gasteiger partial charge in [0.05, 0.1) is 5.56 Å². The molecule has 30 heavy (non-hydrogen) atoms. The molecule has 1 unspecified atom stereocenters. The number of unbranched alkanes of at least 4 members (excludes halogenated alkanes) is 7. The van der Waals surface area contributed by atoms with E-state index in [2.05, 4.69) is 6.92 Å². The molecule has 0 aromatic heterocycles. The van der Waals surface area contributed by atoms with Gasteiger partial charge < -0.3 is 14.6 Å². The molecule has 1 rings (SSSR count). The first-order valence-corrected chi connectivity index (χ1v) is 12.1. The summed E-state index contributed by atoms with van der Waals surface area (Å²) in [7, 11) is -2.89. The Bertz CT molecular complexity index is 701. The Morgan fingerprint density at radius 1 is 1.03 bits per heavy atom. The molecule has 0 saturated heterocycles. The largest absolute Gasteiger partial charge is 0.478 e. The summed E-state index contributed by atoms with van der Waals surface area (Å²) in [5, 5.41) is 9.09. The van der Waals surface area contributed by atoms with Crippen molar-refractivity contribution in [1.82, 2.24) is 0 Å². The van der Waals surface area contributed by atoms with E-state index in [-0.39, 0.29) is 11.9 Å². The SMILES string of the molecule is CCCCCCCCCCc1ccc(S(=O)(=O)O)c(C(=O)O)c1.CCOC(C)OC. The molecule has 0 aliphatic carbocycles. The lowest BCUT2D eigenvalue weighted by Gasteiger charge is -2.07. The van der Waals surface area contributed by atoms with Crippen molar-refractivity contribution in [3.63, 3.8) is 0 Å². The summed E-state index contributed by atoms with van der Waals surface area (Å²) < 4.78 is 41.1. The summed E-state index contributed by atoms with van der Waals surface area (Å²) in [4.78, 5) is 10.6. The molecule has 0 heterocycles. The number of carbonyl (C=O) groups is 1. The Kier molecular flexibility index (Phi) is 15.4. The first kappa shape index (κ1) is 28.5.